The van der Waals surface area contributed by atoms with Gasteiger partial charge in [0.25, 0.3) is 23.6 Å². The van der Waals surface area contributed by atoms with Crippen molar-refractivity contribution in [1.29, 1.82) is 0 Å². The summed E-state index contributed by atoms with van der Waals surface area (Å²) in [5, 5.41) is 27.3. The fourth-order valence-corrected chi connectivity index (χ4v) is 6.85. The Balaban J connectivity index is 1.24. The number of carbonyl (C=O) groups is 6. The minimum Gasteiger partial charge on any atom is -0.324 e. The largest absolute Gasteiger partial charge is 0.324 e. The van der Waals surface area contributed by atoms with Crippen LogP contribution in [-0.2, 0) is 32.0 Å². The lowest BCUT2D eigenvalue weighted by Crippen LogP contribution is -2.33. The highest BCUT2D eigenvalue weighted by molar-refractivity contribution is 6.33. The summed E-state index contributed by atoms with van der Waals surface area (Å²) in [5.74, 6) is -2.77. The zero-order valence-electron chi connectivity index (χ0n) is 35.0. The fraction of sp³-hybridized carbons (Fsp3) is 0.217. The van der Waals surface area contributed by atoms with Gasteiger partial charge in [-0.05, 0) is 136 Å². The molecule has 0 heterocycles. The van der Waals surface area contributed by atoms with E-state index in [0.717, 1.165) is 11.1 Å². The summed E-state index contributed by atoms with van der Waals surface area (Å²) in [4.78, 5) is 78.1. The molecule has 5 aromatic carbocycles. The van der Waals surface area contributed by atoms with Gasteiger partial charge in [0, 0.05) is 45.6 Å². The van der Waals surface area contributed by atoms with E-state index < -0.39 is 47.3 Å². The summed E-state index contributed by atoms with van der Waals surface area (Å²) in [6.07, 6.45) is 1.39. The molecule has 2 atom stereocenters. The quantitative estimate of drug-likeness (QED) is 0.0382. The number of amides is 4. The molecule has 4 N–H and O–H groups in total. The van der Waals surface area contributed by atoms with E-state index in [9.17, 15) is 28.8 Å². The summed E-state index contributed by atoms with van der Waals surface area (Å²) in [7, 11) is 0. The highest BCUT2D eigenvalue weighted by Crippen LogP contribution is 2.30. The summed E-state index contributed by atoms with van der Waals surface area (Å²) >= 11 is 24.3. The van der Waals surface area contributed by atoms with E-state index >= 15 is 0 Å². The Morgan fingerprint density at radius 2 is 0.906 bits per heavy atom. The van der Waals surface area contributed by atoms with Crippen molar-refractivity contribution in [2.45, 2.75) is 52.6 Å². The Kier molecular flexibility index (Phi) is 17.4. The molecule has 14 nitrogen and oxygen atoms in total. The monoisotopic (exact) mass is 942 g/mol. The molecule has 0 aliphatic rings. The van der Waals surface area contributed by atoms with Crippen molar-refractivity contribution < 1.29 is 28.8 Å². The first kappa shape index (κ1) is 48.7. The number of hydrogen-bond acceptors (Lipinski definition) is 10. The van der Waals surface area contributed by atoms with Crippen LogP contribution < -0.4 is 21.3 Å². The molecule has 0 radical (unpaired) electrons. The number of alkyl halides is 2. The molecule has 0 spiro atoms. The van der Waals surface area contributed by atoms with Crippen LogP contribution in [0.2, 0.25) is 10.0 Å². The maximum Gasteiger partial charge on any atom is 0.258 e. The number of benzene rings is 5. The SMILES string of the molecule is CC(=O)C(N=Nc1cc(C(=O)Nc2ccc(CCCl)cc2)ccc1Cl)C(=O)Nc1cc(C)c(NC(=O)C(N=Nc2cc(C(=O)Nc3ccc(CCCl)cc3)ccc2Cl)C(C)=O)c(C)c1. The third kappa shape index (κ3) is 13.3. The number of halogens is 4. The van der Waals surface area contributed by atoms with E-state index in [1.807, 2.05) is 24.3 Å². The van der Waals surface area contributed by atoms with Gasteiger partial charge in [0.1, 0.15) is 11.4 Å². The first-order valence-electron chi connectivity index (χ1n) is 19.6. The van der Waals surface area contributed by atoms with Gasteiger partial charge in [-0.2, -0.15) is 20.5 Å². The number of rotatable bonds is 18. The number of carbonyl (C=O) groups excluding carboxylic acids is 6. The predicted octanol–water partition coefficient (Wildman–Crippen LogP) is 11.0. The van der Waals surface area contributed by atoms with E-state index in [-0.39, 0.29) is 38.2 Å². The number of azo groups is 2. The first-order valence-corrected chi connectivity index (χ1v) is 21.5. The number of hydrogen-bond donors (Lipinski definition) is 4. The van der Waals surface area contributed by atoms with Crippen molar-refractivity contribution in [3.63, 3.8) is 0 Å². The summed E-state index contributed by atoms with van der Waals surface area (Å²) in [6, 6.07) is 23.1. The Labute approximate surface area is 389 Å². The maximum absolute atomic E-state index is 13.5. The second kappa shape index (κ2) is 22.9. The smallest absolute Gasteiger partial charge is 0.258 e. The van der Waals surface area contributed by atoms with Crippen LogP contribution in [0.5, 0.6) is 0 Å². The Bertz CT molecular complexity index is 2620. The van der Waals surface area contributed by atoms with Gasteiger partial charge in [0.05, 0.1) is 10.0 Å². The molecule has 330 valence electrons. The zero-order valence-corrected chi connectivity index (χ0v) is 38.0. The average Bonchev–Trinajstić information content (AvgIpc) is 3.24. The van der Waals surface area contributed by atoms with Crippen molar-refractivity contribution in [2.75, 3.05) is 33.0 Å². The topological polar surface area (TPSA) is 200 Å². The third-order valence-corrected chi connectivity index (χ3v) is 10.5. The van der Waals surface area contributed by atoms with Crippen LogP contribution in [-0.4, -0.2) is 59.0 Å². The lowest BCUT2D eigenvalue weighted by Gasteiger charge is -2.17. The lowest BCUT2D eigenvalue weighted by molar-refractivity contribution is -0.127. The highest BCUT2D eigenvalue weighted by atomic mass is 35.5. The van der Waals surface area contributed by atoms with Crippen LogP contribution in [0, 0.1) is 13.8 Å². The van der Waals surface area contributed by atoms with E-state index in [0.29, 0.717) is 52.8 Å². The Hall–Kier alpha value is -6.32. The molecule has 0 bridgehead atoms. The number of aryl methyl sites for hydroxylation is 4. The van der Waals surface area contributed by atoms with Gasteiger partial charge in [-0.15, -0.1) is 23.2 Å². The molecular formula is C46H42Cl4N8O6. The number of ketones is 2. The van der Waals surface area contributed by atoms with Crippen molar-refractivity contribution in [3.05, 3.63) is 140 Å². The number of anilines is 4. The predicted molar refractivity (Wildman–Crippen MR) is 252 cm³/mol. The van der Waals surface area contributed by atoms with Gasteiger partial charge in [-0.1, -0.05) is 47.5 Å². The maximum atomic E-state index is 13.5. The van der Waals surface area contributed by atoms with Gasteiger partial charge in [0.15, 0.2) is 11.6 Å². The Morgan fingerprint density at radius 3 is 1.28 bits per heavy atom. The average molecular weight is 945 g/mol. The van der Waals surface area contributed by atoms with Crippen LogP contribution in [0.15, 0.2) is 118 Å². The summed E-state index contributed by atoms with van der Waals surface area (Å²) in [6.45, 7) is 5.69. The lowest BCUT2D eigenvalue weighted by atomic mass is 10.1. The second-order valence-corrected chi connectivity index (χ2v) is 16.0. The summed E-state index contributed by atoms with van der Waals surface area (Å²) < 4.78 is 0. The second-order valence-electron chi connectivity index (χ2n) is 14.4. The van der Waals surface area contributed by atoms with Crippen LogP contribution >= 0.6 is 46.4 Å². The molecule has 64 heavy (non-hydrogen) atoms. The van der Waals surface area contributed by atoms with Crippen molar-refractivity contribution in [2.24, 2.45) is 20.5 Å². The molecule has 0 aromatic heterocycles. The standard InChI is InChI=1S/C46H42Cl4N8O6/c1-25-21-35(53-45(63)41(27(3)59)57-55-38-23-31(9-15-36(38)49)43(61)51-33-11-5-29(6-12-33)17-19-47)22-26(2)40(25)54-46(64)42(28(4)60)58-56-39-24-32(10-16-37(39)50)44(62)52-34-13-7-30(8-14-34)18-20-48/h5-16,21-24,41-42H,17-20H2,1-4H3,(H,51,61)(H,52,62)(H,53,63)(H,54,64). The molecule has 2 unspecified atom stereocenters. The van der Waals surface area contributed by atoms with E-state index in [2.05, 4.69) is 41.7 Å². The molecule has 0 fully saturated rings. The third-order valence-electron chi connectivity index (χ3n) is 9.48. The van der Waals surface area contributed by atoms with Crippen molar-refractivity contribution in [1.82, 2.24) is 0 Å². The van der Waals surface area contributed by atoms with E-state index in [4.69, 9.17) is 46.4 Å². The number of nitrogens with one attached hydrogen (secondary N) is 4. The number of nitrogens with zero attached hydrogens (tertiary/aromatic N) is 4. The molecule has 0 saturated carbocycles. The van der Waals surface area contributed by atoms with Gasteiger partial charge in [-0.3, -0.25) is 28.8 Å². The molecule has 0 aliphatic heterocycles. The zero-order chi connectivity index (χ0) is 46.5. The molecule has 4 amide bonds. The molecule has 0 aliphatic carbocycles. The molecular weight excluding hydrogens is 902 g/mol. The van der Waals surface area contributed by atoms with Gasteiger partial charge in [-0.25, -0.2) is 0 Å². The number of Topliss-reactive ketones (excluding diaryl/α,β-unsaturated/α-hetero) is 2. The van der Waals surface area contributed by atoms with Gasteiger partial charge in [0.2, 0.25) is 12.1 Å². The highest BCUT2D eigenvalue weighted by Gasteiger charge is 2.26. The normalized spacial score (nSPS) is 12.1. The molecule has 0 saturated heterocycles. The molecule has 18 heteroatoms. The van der Waals surface area contributed by atoms with Crippen LogP contribution in [0.25, 0.3) is 0 Å². The van der Waals surface area contributed by atoms with Gasteiger partial charge >= 0.3 is 0 Å². The van der Waals surface area contributed by atoms with E-state index in [1.165, 1.54) is 50.2 Å². The van der Waals surface area contributed by atoms with E-state index in [1.54, 1.807) is 50.2 Å². The van der Waals surface area contributed by atoms with Crippen molar-refractivity contribution >= 4 is 116 Å². The molecule has 5 rings (SSSR count). The minimum absolute atomic E-state index is 0.0569. The fourth-order valence-electron chi connectivity index (χ4n) is 6.11. The van der Waals surface area contributed by atoms with Crippen LogP contribution in [0.4, 0.5) is 34.1 Å². The molecule has 5 aromatic rings. The van der Waals surface area contributed by atoms with Crippen molar-refractivity contribution in [3.8, 4) is 0 Å². The van der Waals surface area contributed by atoms with Crippen LogP contribution in [0.1, 0.15) is 56.8 Å². The van der Waals surface area contributed by atoms with Gasteiger partial charge < -0.3 is 21.3 Å². The van der Waals surface area contributed by atoms with Crippen LogP contribution in [0.3, 0.4) is 0 Å². The summed E-state index contributed by atoms with van der Waals surface area (Å²) in [5.41, 5.74) is 5.30. The minimum atomic E-state index is -1.58. The first-order chi connectivity index (χ1) is 30.6. The Morgan fingerprint density at radius 1 is 0.516 bits per heavy atom.